The first-order valence-electron chi connectivity index (χ1n) is 7.67. The summed E-state index contributed by atoms with van der Waals surface area (Å²) in [5.74, 6) is 1.32. The summed E-state index contributed by atoms with van der Waals surface area (Å²) in [5, 5.41) is 8.83. The Bertz CT molecular complexity index is 824. The molecule has 1 aliphatic rings. The second kappa shape index (κ2) is 5.48. The molecule has 116 valence electrons. The van der Waals surface area contributed by atoms with Crippen molar-refractivity contribution in [3.63, 3.8) is 0 Å². The fraction of sp³-hybridized carbons (Fsp3) is 0.533. The monoisotopic (exact) mass is 317 g/mol. The van der Waals surface area contributed by atoms with Crippen LogP contribution in [0, 0.1) is 0 Å². The number of nitrogens with zero attached hydrogens (tertiary/aromatic N) is 4. The summed E-state index contributed by atoms with van der Waals surface area (Å²) in [6.07, 6.45) is 5.28. The summed E-state index contributed by atoms with van der Waals surface area (Å²) < 4.78 is 6.90. The van der Waals surface area contributed by atoms with Crippen molar-refractivity contribution >= 4 is 33.1 Å². The van der Waals surface area contributed by atoms with Crippen LogP contribution < -0.4 is 5.32 Å². The molecule has 0 unspecified atom stereocenters. The Morgan fingerprint density at radius 2 is 2.41 bits per heavy atom. The summed E-state index contributed by atoms with van der Waals surface area (Å²) in [6.45, 7) is 3.64. The summed E-state index contributed by atoms with van der Waals surface area (Å²) in [5.41, 5.74) is 2.36. The number of hydrogen-bond acceptors (Lipinski definition) is 6. The van der Waals surface area contributed by atoms with Crippen molar-refractivity contribution in [1.29, 1.82) is 0 Å². The summed E-state index contributed by atoms with van der Waals surface area (Å²) >= 11 is 1.81. The van der Waals surface area contributed by atoms with E-state index >= 15 is 0 Å². The number of aromatic nitrogens is 4. The van der Waals surface area contributed by atoms with Gasteiger partial charge < -0.3 is 10.1 Å². The summed E-state index contributed by atoms with van der Waals surface area (Å²) in [4.78, 5) is 11.8. The molecule has 3 aromatic rings. The lowest BCUT2D eigenvalue weighted by atomic mass is 9.87. The molecule has 0 bridgehead atoms. The van der Waals surface area contributed by atoms with Crippen LogP contribution in [0.3, 0.4) is 0 Å². The number of ether oxygens (including phenoxy) is 1. The maximum Gasteiger partial charge on any atom is 0.227 e. The van der Waals surface area contributed by atoms with Crippen molar-refractivity contribution < 1.29 is 4.74 Å². The van der Waals surface area contributed by atoms with E-state index in [0.717, 1.165) is 22.8 Å². The normalized spacial score (nSPS) is 18.0. The topological polar surface area (TPSA) is 64.3 Å². The van der Waals surface area contributed by atoms with Gasteiger partial charge in [-0.25, -0.2) is 9.97 Å². The van der Waals surface area contributed by atoms with E-state index in [1.807, 2.05) is 15.9 Å². The van der Waals surface area contributed by atoms with Crippen LogP contribution in [0.2, 0.25) is 0 Å². The van der Waals surface area contributed by atoms with Crippen molar-refractivity contribution in [2.45, 2.75) is 32.1 Å². The quantitative estimate of drug-likeness (QED) is 0.750. The number of anilines is 1. The first-order chi connectivity index (χ1) is 10.8. The van der Waals surface area contributed by atoms with E-state index in [2.05, 4.69) is 22.3 Å². The molecule has 0 fully saturated rings. The number of rotatable bonds is 4. The number of thiophene rings is 1. The minimum absolute atomic E-state index is 0.576. The predicted octanol–water partition coefficient (Wildman–Crippen LogP) is 2.84. The molecule has 4 rings (SSSR count). The van der Waals surface area contributed by atoms with Crippen molar-refractivity contribution in [2.24, 2.45) is 0 Å². The van der Waals surface area contributed by atoms with Crippen molar-refractivity contribution in [1.82, 2.24) is 19.6 Å². The number of methoxy groups -OCH3 is 1. The highest BCUT2D eigenvalue weighted by molar-refractivity contribution is 7.19. The third-order valence-corrected chi connectivity index (χ3v) is 5.47. The molecule has 0 aliphatic heterocycles. The number of fused-ring (bicyclic) bond motifs is 5. The molecule has 22 heavy (non-hydrogen) atoms. The van der Waals surface area contributed by atoms with Gasteiger partial charge in [0.1, 0.15) is 11.2 Å². The van der Waals surface area contributed by atoms with E-state index in [4.69, 9.17) is 9.72 Å². The SMILES string of the molecule is COCCNc1nc2sc3c(c2c2ncnn12)[C@H](C)CCC3. The van der Waals surface area contributed by atoms with Gasteiger partial charge in [0, 0.05) is 18.5 Å². The van der Waals surface area contributed by atoms with E-state index in [1.54, 1.807) is 13.4 Å². The Kier molecular flexibility index (Phi) is 3.46. The minimum Gasteiger partial charge on any atom is -0.383 e. The Morgan fingerprint density at radius 3 is 3.27 bits per heavy atom. The van der Waals surface area contributed by atoms with Crippen LogP contribution in [0.1, 0.15) is 36.1 Å². The minimum atomic E-state index is 0.576. The van der Waals surface area contributed by atoms with Gasteiger partial charge in [0.15, 0.2) is 5.65 Å². The van der Waals surface area contributed by atoms with Crippen molar-refractivity contribution in [2.75, 3.05) is 25.6 Å². The molecule has 1 aliphatic carbocycles. The number of aryl methyl sites for hydroxylation is 1. The highest BCUT2D eigenvalue weighted by Crippen LogP contribution is 2.43. The van der Waals surface area contributed by atoms with Crippen LogP contribution >= 0.6 is 11.3 Å². The van der Waals surface area contributed by atoms with Crippen LogP contribution in [0.4, 0.5) is 5.95 Å². The number of nitrogens with one attached hydrogen (secondary N) is 1. The molecule has 7 heteroatoms. The van der Waals surface area contributed by atoms with E-state index in [1.165, 1.54) is 28.7 Å². The molecule has 0 amide bonds. The van der Waals surface area contributed by atoms with Gasteiger partial charge in [0.2, 0.25) is 5.95 Å². The molecule has 3 aromatic heterocycles. The largest absolute Gasteiger partial charge is 0.383 e. The first kappa shape index (κ1) is 13.9. The highest BCUT2D eigenvalue weighted by Gasteiger charge is 2.25. The molecule has 0 saturated heterocycles. The van der Waals surface area contributed by atoms with E-state index in [0.29, 0.717) is 19.1 Å². The Morgan fingerprint density at radius 1 is 1.50 bits per heavy atom. The van der Waals surface area contributed by atoms with Gasteiger partial charge >= 0.3 is 0 Å². The van der Waals surface area contributed by atoms with Gasteiger partial charge in [-0.2, -0.15) is 9.61 Å². The molecule has 1 N–H and O–H groups in total. The lowest BCUT2D eigenvalue weighted by molar-refractivity contribution is 0.210. The second-order valence-corrected chi connectivity index (χ2v) is 6.85. The third-order valence-electron chi connectivity index (χ3n) is 4.31. The highest BCUT2D eigenvalue weighted by atomic mass is 32.1. The zero-order valence-corrected chi connectivity index (χ0v) is 13.6. The molecule has 0 spiro atoms. The molecule has 0 aromatic carbocycles. The molecule has 6 nitrogen and oxygen atoms in total. The maximum atomic E-state index is 5.09. The summed E-state index contributed by atoms with van der Waals surface area (Å²) in [6, 6.07) is 0. The Labute approximate surface area is 132 Å². The van der Waals surface area contributed by atoms with Crippen LogP contribution in [-0.4, -0.2) is 39.8 Å². The van der Waals surface area contributed by atoms with E-state index < -0.39 is 0 Å². The molecule has 3 heterocycles. The van der Waals surface area contributed by atoms with Gasteiger partial charge in [-0.1, -0.05) is 6.92 Å². The molecule has 1 atom stereocenters. The Balaban J connectivity index is 1.91. The standard InChI is InChI=1S/C15H19N5OS/c1-9-4-3-5-10-11(9)12-13-17-8-18-20(13)15(16-6-7-21-2)19-14(12)22-10/h8-9H,3-7H2,1-2H3,(H,16,19)/t9-/m1/s1. The van der Waals surface area contributed by atoms with Gasteiger partial charge in [-0.15, -0.1) is 11.3 Å². The lowest BCUT2D eigenvalue weighted by Crippen LogP contribution is -2.13. The number of hydrogen-bond donors (Lipinski definition) is 1. The van der Waals surface area contributed by atoms with Crippen molar-refractivity contribution in [3.8, 4) is 0 Å². The average molecular weight is 317 g/mol. The Hall–Kier alpha value is -1.73. The maximum absolute atomic E-state index is 5.09. The second-order valence-electron chi connectivity index (χ2n) is 5.76. The zero-order valence-electron chi connectivity index (χ0n) is 12.8. The van der Waals surface area contributed by atoms with Gasteiger partial charge in [-0.3, -0.25) is 0 Å². The lowest BCUT2D eigenvalue weighted by Gasteiger charge is -2.18. The van der Waals surface area contributed by atoms with Gasteiger partial charge in [0.25, 0.3) is 0 Å². The predicted molar refractivity (Wildman–Crippen MR) is 87.9 cm³/mol. The van der Waals surface area contributed by atoms with Gasteiger partial charge in [-0.05, 0) is 30.7 Å². The molecule has 0 saturated carbocycles. The van der Waals surface area contributed by atoms with E-state index in [-0.39, 0.29) is 0 Å². The fourth-order valence-electron chi connectivity index (χ4n) is 3.28. The van der Waals surface area contributed by atoms with E-state index in [9.17, 15) is 0 Å². The summed E-state index contributed by atoms with van der Waals surface area (Å²) in [7, 11) is 1.69. The van der Waals surface area contributed by atoms with Gasteiger partial charge in [0.05, 0.1) is 12.0 Å². The fourth-order valence-corrected chi connectivity index (χ4v) is 4.61. The molecule has 0 radical (unpaired) electrons. The van der Waals surface area contributed by atoms with Crippen LogP contribution in [0.5, 0.6) is 0 Å². The van der Waals surface area contributed by atoms with Crippen LogP contribution in [0.25, 0.3) is 15.9 Å². The first-order valence-corrected chi connectivity index (χ1v) is 8.49. The van der Waals surface area contributed by atoms with Crippen LogP contribution in [0.15, 0.2) is 6.33 Å². The smallest absolute Gasteiger partial charge is 0.227 e. The molecular formula is C15H19N5OS. The molecular weight excluding hydrogens is 298 g/mol. The average Bonchev–Trinajstić information content (AvgIpc) is 3.11. The van der Waals surface area contributed by atoms with Crippen molar-refractivity contribution in [3.05, 3.63) is 16.8 Å². The van der Waals surface area contributed by atoms with Crippen LogP contribution in [-0.2, 0) is 11.2 Å². The zero-order chi connectivity index (χ0) is 15.1. The third kappa shape index (κ3) is 2.07.